The lowest BCUT2D eigenvalue weighted by Gasteiger charge is -2.31. The Bertz CT molecular complexity index is 986. The molecule has 1 aromatic heterocycles. The summed E-state index contributed by atoms with van der Waals surface area (Å²) in [5, 5.41) is 0. The Kier molecular flexibility index (Phi) is 6.05. The molecule has 0 atom stereocenters. The van der Waals surface area contributed by atoms with E-state index in [0.717, 1.165) is 30.2 Å². The van der Waals surface area contributed by atoms with Gasteiger partial charge in [0.15, 0.2) is 11.5 Å². The molecule has 2 heterocycles. The van der Waals surface area contributed by atoms with Crippen LogP contribution in [-0.4, -0.2) is 38.1 Å². The number of rotatable bonds is 7. The molecular weight excluding hydrogens is 380 g/mol. The zero-order chi connectivity index (χ0) is 20.9. The van der Waals surface area contributed by atoms with Crippen LogP contribution in [0.3, 0.4) is 0 Å². The van der Waals surface area contributed by atoms with Gasteiger partial charge in [-0.25, -0.2) is 0 Å². The molecule has 0 unspecified atom stereocenters. The second kappa shape index (κ2) is 9.05. The van der Waals surface area contributed by atoms with Crippen LogP contribution in [0.4, 0.5) is 5.69 Å². The van der Waals surface area contributed by atoms with Crippen LogP contribution in [0.5, 0.6) is 11.5 Å². The van der Waals surface area contributed by atoms with Gasteiger partial charge in [0, 0.05) is 18.8 Å². The van der Waals surface area contributed by atoms with Crippen molar-refractivity contribution in [2.24, 2.45) is 0 Å². The van der Waals surface area contributed by atoms with Gasteiger partial charge >= 0.3 is 0 Å². The Labute approximate surface area is 176 Å². The van der Waals surface area contributed by atoms with Crippen molar-refractivity contribution >= 4 is 11.6 Å². The monoisotopic (exact) mass is 406 g/mol. The highest BCUT2D eigenvalue weighted by molar-refractivity contribution is 5.94. The minimum Gasteiger partial charge on any atom is -0.493 e. The number of furan rings is 1. The highest BCUT2D eigenvalue weighted by Crippen LogP contribution is 2.33. The van der Waals surface area contributed by atoms with Gasteiger partial charge in [0.2, 0.25) is 5.91 Å². The van der Waals surface area contributed by atoms with Crippen molar-refractivity contribution in [1.29, 1.82) is 0 Å². The number of carbonyl (C=O) groups excluding carboxylic acids is 1. The lowest BCUT2D eigenvalue weighted by molar-refractivity contribution is -0.120. The number of para-hydroxylation sites is 1. The average Bonchev–Trinajstić information content (AvgIpc) is 3.30. The molecule has 0 saturated carbocycles. The summed E-state index contributed by atoms with van der Waals surface area (Å²) in [5.41, 5.74) is 3.28. The maximum absolute atomic E-state index is 13.3. The van der Waals surface area contributed by atoms with Gasteiger partial charge in [0.25, 0.3) is 0 Å². The van der Waals surface area contributed by atoms with Gasteiger partial charge in [-0.1, -0.05) is 18.2 Å². The fourth-order valence-corrected chi connectivity index (χ4v) is 3.84. The molecule has 30 heavy (non-hydrogen) atoms. The lowest BCUT2D eigenvalue weighted by atomic mass is 9.98. The summed E-state index contributed by atoms with van der Waals surface area (Å²) in [6, 6.07) is 17.5. The minimum atomic E-state index is 0.0431. The molecule has 0 aliphatic carbocycles. The van der Waals surface area contributed by atoms with Crippen molar-refractivity contribution in [3.8, 4) is 11.5 Å². The SMILES string of the molecule is COc1cc2c(cc1OC)CN(CC(=O)N(Cc1ccco1)c1ccccc1)CC2. The zero-order valence-corrected chi connectivity index (χ0v) is 17.3. The van der Waals surface area contributed by atoms with E-state index in [0.29, 0.717) is 25.4 Å². The molecule has 0 fully saturated rings. The summed E-state index contributed by atoms with van der Waals surface area (Å²) in [7, 11) is 3.29. The maximum atomic E-state index is 13.3. The second-order valence-electron chi connectivity index (χ2n) is 7.33. The fourth-order valence-electron chi connectivity index (χ4n) is 3.84. The highest BCUT2D eigenvalue weighted by Gasteiger charge is 2.24. The predicted octanol–water partition coefficient (Wildman–Crippen LogP) is 3.89. The molecule has 1 amide bonds. The number of methoxy groups -OCH3 is 2. The number of anilines is 1. The first-order valence-corrected chi connectivity index (χ1v) is 10.0. The molecule has 1 aliphatic rings. The van der Waals surface area contributed by atoms with E-state index in [4.69, 9.17) is 13.9 Å². The molecular formula is C24H26N2O4. The van der Waals surface area contributed by atoms with Crippen LogP contribution in [0.1, 0.15) is 16.9 Å². The van der Waals surface area contributed by atoms with E-state index >= 15 is 0 Å². The van der Waals surface area contributed by atoms with Crippen LogP contribution in [0.2, 0.25) is 0 Å². The van der Waals surface area contributed by atoms with Crippen LogP contribution in [0.25, 0.3) is 0 Å². The Morgan fingerprint density at radius 2 is 1.77 bits per heavy atom. The summed E-state index contributed by atoms with van der Waals surface area (Å²) < 4.78 is 16.3. The van der Waals surface area contributed by atoms with E-state index < -0.39 is 0 Å². The third-order valence-corrected chi connectivity index (χ3v) is 5.42. The molecule has 156 valence electrons. The van der Waals surface area contributed by atoms with Gasteiger partial charge in [-0.2, -0.15) is 0 Å². The molecule has 0 saturated heterocycles. The van der Waals surface area contributed by atoms with E-state index in [1.807, 2.05) is 54.6 Å². The number of benzene rings is 2. The van der Waals surface area contributed by atoms with E-state index in [1.165, 1.54) is 11.1 Å². The predicted molar refractivity (Wildman–Crippen MR) is 115 cm³/mol. The molecule has 6 heteroatoms. The number of amides is 1. The average molecular weight is 406 g/mol. The number of carbonyl (C=O) groups is 1. The van der Waals surface area contributed by atoms with Gasteiger partial charge in [0.05, 0.1) is 33.6 Å². The molecule has 4 rings (SSSR count). The van der Waals surface area contributed by atoms with E-state index in [2.05, 4.69) is 4.90 Å². The Morgan fingerprint density at radius 1 is 1.03 bits per heavy atom. The largest absolute Gasteiger partial charge is 0.493 e. The molecule has 2 aromatic carbocycles. The molecule has 3 aromatic rings. The first-order valence-electron chi connectivity index (χ1n) is 10.0. The third-order valence-electron chi connectivity index (χ3n) is 5.42. The fraction of sp³-hybridized carbons (Fsp3) is 0.292. The van der Waals surface area contributed by atoms with Crippen LogP contribution in [0.15, 0.2) is 65.3 Å². The minimum absolute atomic E-state index is 0.0431. The van der Waals surface area contributed by atoms with Gasteiger partial charge in [-0.15, -0.1) is 0 Å². The Hall–Kier alpha value is -3.25. The van der Waals surface area contributed by atoms with Gasteiger partial charge in [0.1, 0.15) is 5.76 Å². The summed E-state index contributed by atoms with van der Waals surface area (Å²) in [4.78, 5) is 17.2. The van der Waals surface area contributed by atoms with Crippen molar-refractivity contribution in [2.75, 3.05) is 32.2 Å². The van der Waals surface area contributed by atoms with Gasteiger partial charge in [-0.3, -0.25) is 9.69 Å². The number of fused-ring (bicyclic) bond motifs is 1. The smallest absolute Gasteiger partial charge is 0.241 e. The number of nitrogens with zero attached hydrogens (tertiary/aromatic N) is 2. The zero-order valence-electron chi connectivity index (χ0n) is 17.3. The summed E-state index contributed by atoms with van der Waals surface area (Å²) in [5.74, 6) is 2.26. The normalized spacial score (nSPS) is 13.5. The molecule has 0 spiro atoms. The molecule has 6 nitrogen and oxygen atoms in total. The van der Waals surface area contributed by atoms with Crippen molar-refractivity contribution in [1.82, 2.24) is 4.90 Å². The van der Waals surface area contributed by atoms with E-state index in [-0.39, 0.29) is 5.91 Å². The lowest BCUT2D eigenvalue weighted by Crippen LogP contribution is -2.42. The molecule has 1 aliphatic heterocycles. The first kappa shape index (κ1) is 20.0. The summed E-state index contributed by atoms with van der Waals surface area (Å²) in [6.45, 7) is 2.26. The van der Waals surface area contributed by atoms with E-state index in [1.54, 1.807) is 25.4 Å². The third kappa shape index (κ3) is 4.33. The molecule has 0 bridgehead atoms. The summed E-state index contributed by atoms with van der Waals surface area (Å²) in [6.07, 6.45) is 2.50. The van der Waals surface area contributed by atoms with Gasteiger partial charge < -0.3 is 18.8 Å². The van der Waals surface area contributed by atoms with Crippen molar-refractivity contribution in [2.45, 2.75) is 19.5 Å². The molecule has 0 radical (unpaired) electrons. The second-order valence-corrected chi connectivity index (χ2v) is 7.33. The summed E-state index contributed by atoms with van der Waals surface area (Å²) >= 11 is 0. The van der Waals surface area contributed by atoms with Crippen molar-refractivity contribution in [3.05, 3.63) is 77.7 Å². The number of hydrogen-bond acceptors (Lipinski definition) is 5. The Morgan fingerprint density at radius 3 is 2.43 bits per heavy atom. The van der Waals surface area contributed by atoms with Crippen LogP contribution >= 0.6 is 0 Å². The van der Waals surface area contributed by atoms with E-state index in [9.17, 15) is 4.79 Å². The highest BCUT2D eigenvalue weighted by atomic mass is 16.5. The van der Waals surface area contributed by atoms with Crippen LogP contribution in [-0.2, 0) is 24.3 Å². The topological polar surface area (TPSA) is 55.2 Å². The number of hydrogen-bond donors (Lipinski definition) is 0. The van der Waals surface area contributed by atoms with Gasteiger partial charge in [-0.05, 0) is 53.9 Å². The van der Waals surface area contributed by atoms with Crippen LogP contribution in [0, 0.1) is 0 Å². The first-order chi connectivity index (χ1) is 14.7. The van der Waals surface area contributed by atoms with Crippen molar-refractivity contribution < 1.29 is 18.7 Å². The Balaban J connectivity index is 1.50. The standard InChI is InChI=1S/C24H26N2O4/c1-28-22-13-18-10-11-25(15-19(18)14-23(22)29-2)17-24(27)26(16-21-9-6-12-30-21)20-7-4-3-5-8-20/h3-9,12-14H,10-11,15-17H2,1-2H3. The quantitative estimate of drug-likeness (QED) is 0.596. The number of ether oxygens (including phenoxy) is 2. The maximum Gasteiger partial charge on any atom is 0.241 e. The van der Waals surface area contributed by atoms with Crippen LogP contribution < -0.4 is 14.4 Å². The van der Waals surface area contributed by atoms with Crippen molar-refractivity contribution in [3.63, 3.8) is 0 Å². The molecule has 0 N–H and O–H groups in total.